The minimum atomic E-state index is -0.144. The number of amides is 1. The maximum atomic E-state index is 12.5. The van der Waals surface area contributed by atoms with E-state index in [2.05, 4.69) is 9.88 Å². The molecule has 1 saturated heterocycles. The third-order valence-electron chi connectivity index (χ3n) is 3.44. The molecule has 1 amide bonds. The number of nitrogens with zero attached hydrogens (tertiary/aromatic N) is 3. The van der Waals surface area contributed by atoms with E-state index in [1.165, 1.54) is 18.2 Å². The summed E-state index contributed by atoms with van der Waals surface area (Å²) in [6, 6.07) is 4.42. The van der Waals surface area contributed by atoms with Crippen molar-refractivity contribution in [2.75, 3.05) is 31.1 Å². The van der Waals surface area contributed by atoms with Crippen LogP contribution in [0.3, 0.4) is 0 Å². The van der Waals surface area contributed by atoms with Gasteiger partial charge in [0.25, 0.3) is 5.91 Å². The number of halogens is 1. The van der Waals surface area contributed by atoms with Crippen molar-refractivity contribution >= 4 is 34.0 Å². The Kier molecular flexibility index (Phi) is 3.98. The van der Waals surface area contributed by atoms with Crippen LogP contribution in [0.15, 0.2) is 29.8 Å². The number of carbonyl (C=O) groups is 1. The average Bonchev–Trinajstić information content (AvgIpc) is 3.03. The van der Waals surface area contributed by atoms with Gasteiger partial charge in [-0.05, 0) is 18.2 Å². The maximum Gasteiger partial charge on any atom is 0.255 e. The highest BCUT2D eigenvalue weighted by Gasteiger charge is 2.24. The predicted molar refractivity (Wildman–Crippen MR) is 83.3 cm³/mol. The number of benzene rings is 1. The quantitative estimate of drug-likeness (QED) is 0.922. The van der Waals surface area contributed by atoms with Crippen LogP contribution in [0.1, 0.15) is 10.4 Å². The van der Waals surface area contributed by atoms with E-state index in [1.807, 2.05) is 5.38 Å². The van der Waals surface area contributed by atoms with Gasteiger partial charge in [-0.2, -0.15) is 0 Å². The van der Waals surface area contributed by atoms with Crippen molar-refractivity contribution in [2.45, 2.75) is 0 Å². The zero-order valence-corrected chi connectivity index (χ0v) is 12.8. The topological polar surface area (TPSA) is 56.7 Å². The average molecular weight is 324 g/mol. The van der Waals surface area contributed by atoms with Gasteiger partial charge in [-0.3, -0.25) is 4.79 Å². The van der Waals surface area contributed by atoms with Gasteiger partial charge in [-0.1, -0.05) is 11.6 Å². The van der Waals surface area contributed by atoms with E-state index < -0.39 is 0 Å². The molecule has 3 rings (SSSR count). The number of hydrogen-bond acceptors (Lipinski definition) is 5. The number of anilines is 1. The Labute approximate surface area is 131 Å². The summed E-state index contributed by atoms with van der Waals surface area (Å²) >= 11 is 7.64. The molecule has 110 valence electrons. The lowest BCUT2D eigenvalue weighted by molar-refractivity contribution is 0.0746. The zero-order chi connectivity index (χ0) is 14.8. The number of phenols is 1. The number of phenolic OH excluding ortho intramolecular Hbond substituents is 1. The van der Waals surface area contributed by atoms with Crippen molar-refractivity contribution in [2.24, 2.45) is 0 Å². The third kappa shape index (κ3) is 2.96. The number of hydrogen-bond donors (Lipinski definition) is 1. The summed E-state index contributed by atoms with van der Waals surface area (Å²) in [7, 11) is 0. The van der Waals surface area contributed by atoms with Gasteiger partial charge in [-0.15, -0.1) is 11.3 Å². The minimum absolute atomic E-state index is 0.0455. The van der Waals surface area contributed by atoms with E-state index in [4.69, 9.17) is 11.6 Å². The van der Waals surface area contributed by atoms with Gasteiger partial charge in [0.2, 0.25) is 0 Å². The largest absolute Gasteiger partial charge is 0.508 e. The first kappa shape index (κ1) is 14.2. The van der Waals surface area contributed by atoms with Crippen LogP contribution in [0.2, 0.25) is 5.02 Å². The van der Waals surface area contributed by atoms with Crippen LogP contribution in [-0.4, -0.2) is 47.1 Å². The van der Waals surface area contributed by atoms with Gasteiger partial charge in [-0.25, -0.2) is 4.98 Å². The first-order valence-electron chi connectivity index (χ1n) is 6.57. The van der Waals surface area contributed by atoms with Crippen LogP contribution < -0.4 is 4.90 Å². The molecule has 5 nitrogen and oxygen atoms in total. The monoisotopic (exact) mass is 323 g/mol. The lowest BCUT2D eigenvalue weighted by Gasteiger charge is -2.34. The Morgan fingerprint density at radius 2 is 2.05 bits per heavy atom. The Morgan fingerprint density at radius 3 is 2.71 bits per heavy atom. The second-order valence-electron chi connectivity index (χ2n) is 4.76. The molecule has 21 heavy (non-hydrogen) atoms. The molecule has 1 aliphatic heterocycles. The SMILES string of the molecule is O=C(c1cc(O)ccc1Cl)N1CCN(c2nccs2)CC1. The molecule has 0 radical (unpaired) electrons. The van der Waals surface area contributed by atoms with Crippen molar-refractivity contribution in [3.05, 3.63) is 40.4 Å². The Balaban J connectivity index is 1.69. The summed E-state index contributed by atoms with van der Waals surface area (Å²) in [6.45, 7) is 2.72. The maximum absolute atomic E-state index is 12.5. The lowest BCUT2D eigenvalue weighted by atomic mass is 10.1. The summed E-state index contributed by atoms with van der Waals surface area (Å²) in [6.07, 6.45) is 1.78. The Hall–Kier alpha value is -1.79. The number of carbonyl (C=O) groups excluding carboxylic acids is 1. The minimum Gasteiger partial charge on any atom is -0.508 e. The molecule has 1 aromatic carbocycles. The highest BCUT2D eigenvalue weighted by atomic mass is 35.5. The molecule has 7 heteroatoms. The van der Waals surface area contributed by atoms with Crippen LogP contribution in [-0.2, 0) is 0 Å². The third-order valence-corrected chi connectivity index (χ3v) is 4.60. The van der Waals surface area contributed by atoms with Gasteiger partial charge in [0, 0.05) is 37.8 Å². The molecule has 1 fully saturated rings. The van der Waals surface area contributed by atoms with Crippen LogP contribution >= 0.6 is 22.9 Å². The number of aromatic nitrogens is 1. The summed E-state index contributed by atoms with van der Waals surface area (Å²) in [4.78, 5) is 20.7. The zero-order valence-electron chi connectivity index (χ0n) is 11.2. The van der Waals surface area contributed by atoms with Crippen molar-refractivity contribution < 1.29 is 9.90 Å². The fourth-order valence-electron chi connectivity index (χ4n) is 2.32. The number of piperazine rings is 1. The number of thiazole rings is 1. The first-order chi connectivity index (χ1) is 10.1. The van der Waals surface area contributed by atoms with Gasteiger partial charge in [0.15, 0.2) is 5.13 Å². The summed E-state index contributed by atoms with van der Waals surface area (Å²) in [5.74, 6) is -0.0983. The highest BCUT2D eigenvalue weighted by Crippen LogP contribution is 2.24. The van der Waals surface area contributed by atoms with Gasteiger partial charge < -0.3 is 14.9 Å². The summed E-state index contributed by atoms with van der Waals surface area (Å²) < 4.78 is 0. The second kappa shape index (κ2) is 5.91. The molecule has 0 aliphatic carbocycles. The van der Waals surface area contributed by atoms with Crippen molar-refractivity contribution in [1.29, 1.82) is 0 Å². The van der Waals surface area contributed by atoms with Crippen LogP contribution in [0, 0.1) is 0 Å². The number of aromatic hydroxyl groups is 1. The van der Waals surface area contributed by atoms with E-state index >= 15 is 0 Å². The summed E-state index contributed by atoms with van der Waals surface area (Å²) in [5, 5.41) is 12.8. The molecule has 0 unspecified atom stereocenters. The van der Waals surface area contributed by atoms with E-state index in [0.29, 0.717) is 23.7 Å². The van der Waals surface area contributed by atoms with Crippen molar-refractivity contribution in [1.82, 2.24) is 9.88 Å². The molecule has 1 aliphatic rings. The van der Waals surface area contributed by atoms with Crippen LogP contribution in [0.5, 0.6) is 5.75 Å². The normalized spacial score (nSPS) is 15.3. The first-order valence-corrected chi connectivity index (χ1v) is 7.83. The van der Waals surface area contributed by atoms with Crippen LogP contribution in [0.25, 0.3) is 0 Å². The standard InChI is InChI=1S/C14H14ClN3O2S/c15-12-2-1-10(19)9-11(12)13(20)17-4-6-18(7-5-17)14-16-3-8-21-14/h1-3,8-9,19H,4-7H2. The molecule has 0 atom stereocenters. The van der Waals surface area contributed by atoms with Gasteiger partial charge >= 0.3 is 0 Å². The predicted octanol–water partition coefficient (Wildman–Crippen LogP) is 2.46. The van der Waals surface area contributed by atoms with Crippen LogP contribution in [0.4, 0.5) is 5.13 Å². The molecular formula is C14H14ClN3O2S. The van der Waals surface area contributed by atoms with Crippen molar-refractivity contribution in [3.63, 3.8) is 0 Å². The molecule has 1 N–H and O–H groups in total. The summed E-state index contributed by atoms with van der Waals surface area (Å²) in [5.41, 5.74) is 0.347. The van der Waals surface area contributed by atoms with E-state index in [-0.39, 0.29) is 11.7 Å². The van der Waals surface area contributed by atoms with E-state index in [0.717, 1.165) is 18.2 Å². The molecule has 2 heterocycles. The molecule has 1 aromatic heterocycles. The Morgan fingerprint density at radius 1 is 1.29 bits per heavy atom. The second-order valence-corrected chi connectivity index (χ2v) is 6.04. The van der Waals surface area contributed by atoms with Gasteiger partial charge in [0.05, 0.1) is 10.6 Å². The van der Waals surface area contributed by atoms with E-state index in [9.17, 15) is 9.90 Å². The fourth-order valence-corrected chi connectivity index (χ4v) is 3.22. The Bertz CT molecular complexity index is 640. The molecular weight excluding hydrogens is 310 g/mol. The highest BCUT2D eigenvalue weighted by molar-refractivity contribution is 7.13. The van der Waals surface area contributed by atoms with Crippen molar-refractivity contribution in [3.8, 4) is 5.75 Å². The fraction of sp³-hybridized carbons (Fsp3) is 0.286. The smallest absolute Gasteiger partial charge is 0.255 e. The van der Waals surface area contributed by atoms with Gasteiger partial charge in [0.1, 0.15) is 5.75 Å². The lowest BCUT2D eigenvalue weighted by Crippen LogP contribution is -2.48. The number of rotatable bonds is 2. The molecule has 0 bridgehead atoms. The van der Waals surface area contributed by atoms with E-state index in [1.54, 1.807) is 22.4 Å². The molecule has 0 saturated carbocycles. The molecule has 2 aromatic rings. The molecule has 0 spiro atoms.